The van der Waals surface area contributed by atoms with Gasteiger partial charge in [0, 0.05) is 14.9 Å². The standard InChI is InChI=1S/C41H30IN/c1-28(35-24-18-30-10-3-5-13-37(30)26-35)42-41(43-29(2)36-25-19-31-11-4-6-14-38(31)27-36)34-22-20-33(21-23-34)40-17-9-15-32-12-7-8-16-39(32)40/h3-27H,1H2,2H3. The Hall–Kier alpha value is -4.67. The molecule has 0 radical (unpaired) electrons. The van der Waals surface area contributed by atoms with E-state index in [1.54, 1.807) is 0 Å². The molecule has 0 amide bonds. The van der Waals surface area contributed by atoms with Crippen molar-refractivity contribution in [3.8, 4) is 11.1 Å². The van der Waals surface area contributed by atoms with Gasteiger partial charge in [-0.2, -0.15) is 0 Å². The summed E-state index contributed by atoms with van der Waals surface area (Å²) >= 11 is -0.638. The molecule has 7 rings (SSSR count). The summed E-state index contributed by atoms with van der Waals surface area (Å²) in [6.45, 7) is 6.70. The number of nitrogens with zero attached hydrogens (tertiary/aromatic N) is 1. The SMILES string of the molecule is C=C(I=C(N=C(C)c1ccc2ccccc2c1)c1ccc(-c2cccc3ccccc23)cc1)c1ccc2ccccc2c1. The predicted molar refractivity (Wildman–Crippen MR) is 197 cm³/mol. The van der Waals surface area contributed by atoms with Crippen molar-refractivity contribution in [1.29, 1.82) is 0 Å². The Kier molecular flexibility index (Phi) is 7.53. The average Bonchev–Trinajstić information content (AvgIpc) is 3.07. The van der Waals surface area contributed by atoms with Gasteiger partial charge in [-0.1, -0.05) is 167 Å². The van der Waals surface area contributed by atoms with Crippen LogP contribution in [0.3, 0.4) is 0 Å². The molecule has 0 aromatic heterocycles. The molecule has 2 heteroatoms. The van der Waals surface area contributed by atoms with Gasteiger partial charge in [-0.05, 0) is 73.6 Å². The van der Waals surface area contributed by atoms with Crippen LogP contribution in [0, 0.1) is 0 Å². The van der Waals surface area contributed by atoms with E-state index in [0.29, 0.717) is 0 Å². The monoisotopic (exact) mass is 663 g/mol. The summed E-state index contributed by atoms with van der Waals surface area (Å²) < 4.78 is 2.28. The maximum atomic E-state index is 5.33. The van der Waals surface area contributed by atoms with Gasteiger partial charge in [0.05, 0.1) is 0 Å². The maximum absolute atomic E-state index is 5.33. The summed E-state index contributed by atoms with van der Waals surface area (Å²) in [6.07, 6.45) is 0. The van der Waals surface area contributed by atoms with E-state index < -0.39 is 20.7 Å². The highest BCUT2D eigenvalue weighted by atomic mass is 127. The smallest absolute Gasteiger partial charge is 0.103 e. The van der Waals surface area contributed by atoms with Crippen molar-refractivity contribution in [2.75, 3.05) is 0 Å². The van der Waals surface area contributed by atoms with Crippen LogP contribution in [-0.2, 0) is 0 Å². The van der Waals surface area contributed by atoms with Gasteiger partial charge < -0.3 is 0 Å². The lowest BCUT2D eigenvalue weighted by atomic mass is 9.97. The van der Waals surface area contributed by atoms with E-state index in [-0.39, 0.29) is 0 Å². The lowest BCUT2D eigenvalue weighted by Gasteiger charge is -2.11. The Morgan fingerprint density at radius 1 is 0.512 bits per heavy atom. The molecule has 0 saturated carbocycles. The molecular weight excluding hydrogens is 633 g/mol. The van der Waals surface area contributed by atoms with Crippen LogP contribution in [0.25, 0.3) is 47.0 Å². The van der Waals surface area contributed by atoms with Crippen molar-refractivity contribution < 1.29 is 0 Å². The zero-order chi connectivity index (χ0) is 29.2. The van der Waals surface area contributed by atoms with E-state index in [4.69, 9.17) is 4.99 Å². The molecule has 206 valence electrons. The highest BCUT2D eigenvalue weighted by Crippen LogP contribution is 2.33. The Morgan fingerprint density at radius 3 is 1.74 bits per heavy atom. The molecule has 0 aliphatic heterocycles. The lowest BCUT2D eigenvalue weighted by Crippen LogP contribution is -2.02. The molecule has 0 spiro atoms. The number of benzene rings is 7. The predicted octanol–water partition coefficient (Wildman–Crippen LogP) is 11.4. The first-order valence-corrected chi connectivity index (χ1v) is 16.6. The van der Waals surface area contributed by atoms with Gasteiger partial charge in [0.1, 0.15) is 3.63 Å². The molecule has 0 fully saturated rings. The van der Waals surface area contributed by atoms with Crippen LogP contribution in [0.2, 0.25) is 0 Å². The molecule has 43 heavy (non-hydrogen) atoms. The van der Waals surface area contributed by atoms with Crippen molar-refractivity contribution in [3.05, 3.63) is 175 Å². The molecule has 0 heterocycles. The van der Waals surface area contributed by atoms with Crippen LogP contribution in [0.1, 0.15) is 23.6 Å². The van der Waals surface area contributed by atoms with Crippen LogP contribution >= 0.6 is 20.7 Å². The molecule has 0 aliphatic carbocycles. The topological polar surface area (TPSA) is 12.4 Å². The minimum atomic E-state index is -0.638. The van der Waals surface area contributed by atoms with Gasteiger partial charge in [-0.3, -0.25) is 0 Å². The summed E-state index contributed by atoms with van der Waals surface area (Å²) in [6, 6.07) is 54.3. The highest BCUT2D eigenvalue weighted by molar-refractivity contribution is 14.2. The summed E-state index contributed by atoms with van der Waals surface area (Å²) in [7, 11) is 0. The van der Waals surface area contributed by atoms with Crippen LogP contribution in [0.4, 0.5) is 0 Å². The highest BCUT2D eigenvalue weighted by Gasteiger charge is 2.10. The van der Waals surface area contributed by atoms with Crippen LogP contribution in [0.15, 0.2) is 163 Å². The van der Waals surface area contributed by atoms with Crippen molar-refractivity contribution in [2.45, 2.75) is 6.92 Å². The van der Waals surface area contributed by atoms with Gasteiger partial charge in [0.15, 0.2) is 0 Å². The minimum Gasteiger partial charge on any atom is -0.246 e. The van der Waals surface area contributed by atoms with E-state index in [0.717, 1.165) is 24.1 Å². The van der Waals surface area contributed by atoms with Crippen molar-refractivity contribution in [1.82, 2.24) is 0 Å². The summed E-state index contributed by atoms with van der Waals surface area (Å²) in [5.74, 6) is 0. The second-order valence-electron chi connectivity index (χ2n) is 10.7. The van der Waals surface area contributed by atoms with E-state index in [1.165, 1.54) is 49.0 Å². The molecule has 0 N–H and O–H groups in total. The van der Waals surface area contributed by atoms with Crippen molar-refractivity contribution >= 4 is 66.0 Å². The van der Waals surface area contributed by atoms with Gasteiger partial charge >= 0.3 is 0 Å². The molecule has 7 aromatic rings. The second-order valence-corrected chi connectivity index (χ2v) is 13.6. The van der Waals surface area contributed by atoms with E-state index in [2.05, 4.69) is 165 Å². The van der Waals surface area contributed by atoms with E-state index in [1.807, 2.05) is 0 Å². The first-order chi connectivity index (χ1) is 21.1. The quantitative estimate of drug-likeness (QED) is 0.124. The molecule has 0 unspecified atom stereocenters. The Morgan fingerprint density at radius 2 is 1.05 bits per heavy atom. The normalized spacial score (nSPS) is 12.4. The van der Waals surface area contributed by atoms with Crippen LogP contribution < -0.4 is 0 Å². The molecule has 0 saturated heterocycles. The zero-order valence-corrected chi connectivity index (χ0v) is 26.1. The first-order valence-electron chi connectivity index (χ1n) is 14.5. The number of fused-ring (bicyclic) bond motifs is 3. The maximum Gasteiger partial charge on any atom is 0.103 e. The van der Waals surface area contributed by atoms with Crippen LogP contribution in [-0.4, -0.2) is 9.34 Å². The fourth-order valence-electron chi connectivity index (χ4n) is 5.55. The number of hydrogen-bond donors (Lipinski definition) is 0. The third-order valence-electron chi connectivity index (χ3n) is 7.92. The summed E-state index contributed by atoms with van der Waals surface area (Å²) in [5, 5.41) is 7.47. The fourth-order valence-corrected chi connectivity index (χ4v) is 7.97. The second kappa shape index (κ2) is 11.9. The third kappa shape index (κ3) is 5.71. The van der Waals surface area contributed by atoms with Gasteiger partial charge in [0.25, 0.3) is 0 Å². The number of hydrogen-bond acceptors (Lipinski definition) is 1. The minimum absolute atomic E-state index is 0.638. The third-order valence-corrected chi connectivity index (χ3v) is 10.6. The molecule has 7 aromatic carbocycles. The Bertz CT molecular complexity index is 2200. The fraction of sp³-hybridized carbons (Fsp3) is 0.0244. The summed E-state index contributed by atoms with van der Waals surface area (Å²) in [5.41, 5.74) is 6.96. The number of halogens is 1. The number of rotatable bonds is 6. The first kappa shape index (κ1) is 27.2. The van der Waals surface area contributed by atoms with E-state index in [9.17, 15) is 0 Å². The average molecular weight is 664 g/mol. The van der Waals surface area contributed by atoms with Crippen molar-refractivity contribution in [2.24, 2.45) is 4.99 Å². The Labute approximate surface area is 262 Å². The van der Waals surface area contributed by atoms with Gasteiger partial charge in [-0.25, -0.2) is 4.99 Å². The molecule has 0 bridgehead atoms. The lowest BCUT2D eigenvalue weighted by molar-refractivity contribution is 1.56. The largest absolute Gasteiger partial charge is 0.246 e. The van der Waals surface area contributed by atoms with Gasteiger partial charge in [-0.15, -0.1) is 0 Å². The van der Waals surface area contributed by atoms with E-state index >= 15 is 0 Å². The van der Waals surface area contributed by atoms with Crippen LogP contribution in [0.5, 0.6) is 0 Å². The molecular formula is C41H30IN. The summed E-state index contributed by atoms with van der Waals surface area (Å²) in [4.78, 5) is 5.33. The number of aliphatic imine (C=N–C) groups is 1. The molecule has 1 nitrogen and oxygen atoms in total. The Balaban J connectivity index is 1.30. The zero-order valence-electron chi connectivity index (χ0n) is 24.0. The molecule has 0 aliphatic rings. The molecule has 0 atom stereocenters. The van der Waals surface area contributed by atoms with Gasteiger partial charge in [0.2, 0.25) is 0 Å². The van der Waals surface area contributed by atoms with Crippen molar-refractivity contribution in [3.63, 3.8) is 0 Å².